The van der Waals surface area contributed by atoms with E-state index >= 15 is 0 Å². The van der Waals surface area contributed by atoms with Gasteiger partial charge in [-0.1, -0.05) is 19.1 Å². The van der Waals surface area contributed by atoms with E-state index in [9.17, 15) is 14.9 Å². The molecule has 0 radical (unpaired) electrons. The van der Waals surface area contributed by atoms with Crippen molar-refractivity contribution in [3.63, 3.8) is 0 Å². The van der Waals surface area contributed by atoms with E-state index in [4.69, 9.17) is 0 Å². The van der Waals surface area contributed by atoms with Crippen molar-refractivity contribution in [2.75, 3.05) is 38.0 Å². The number of nitrogens with one attached hydrogen (secondary N) is 2. The van der Waals surface area contributed by atoms with E-state index in [0.29, 0.717) is 5.92 Å². The van der Waals surface area contributed by atoms with Crippen LogP contribution in [0.2, 0.25) is 0 Å². The van der Waals surface area contributed by atoms with E-state index in [1.165, 1.54) is 6.07 Å². The standard InChI is InChI=1S/C16H24N4O3.ClH/c1-2-17-11-13-7-9-19(10-8-13)12-16(21)18-14-5-3-4-6-15(14)20(22)23;/h3-6,13,17H,2,7-12H2,1H3,(H,18,21);1H. The number of carbonyl (C=O) groups is 1. The zero-order valence-electron chi connectivity index (χ0n) is 13.9. The Balaban J connectivity index is 0.00000288. The number of halogens is 1. The molecule has 2 N–H and O–H groups in total. The van der Waals surface area contributed by atoms with Gasteiger partial charge in [0, 0.05) is 6.07 Å². The first-order valence-electron chi connectivity index (χ1n) is 8.06. The number of carbonyl (C=O) groups excluding carboxylic acids is 1. The predicted octanol–water partition coefficient (Wildman–Crippen LogP) is 2.28. The van der Waals surface area contributed by atoms with Crippen molar-refractivity contribution in [1.82, 2.24) is 10.2 Å². The molecule has 1 fully saturated rings. The summed E-state index contributed by atoms with van der Waals surface area (Å²) in [7, 11) is 0. The van der Waals surface area contributed by atoms with E-state index < -0.39 is 4.92 Å². The van der Waals surface area contributed by atoms with Crippen molar-refractivity contribution in [3.05, 3.63) is 34.4 Å². The molecule has 0 bridgehead atoms. The largest absolute Gasteiger partial charge is 0.319 e. The monoisotopic (exact) mass is 356 g/mol. The van der Waals surface area contributed by atoms with E-state index in [1.807, 2.05) is 0 Å². The quantitative estimate of drug-likeness (QED) is 0.578. The molecule has 0 aromatic heterocycles. The average Bonchev–Trinajstić information content (AvgIpc) is 2.54. The summed E-state index contributed by atoms with van der Waals surface area (Å²) >= 11 is 0. The fourth-order valence-corrected chi connectivity index (χ4v) is 2.83. The molecular formula is C16H25ClN4O3. The lowest BCUT2D eigenvalue weighted by Gasteiger charge is -2.31. The number of amides is 1. The Hall–Kier alpha value is -1.70. The Bertz CT molecular complexity index is 548. The van der Waals surface area contributed by atoms with E-state index in [1.54, 1.807) is 18.2 Å². The smallest absolute Gasteiger partial charge is 0.292 e. The molecule has 1 aliphatic heterocycles. The minimum atomic E-state index is -0.484. The van der Waals surface area contributed by atoms with E-state index in [0.717, 1.165) is 39.0 Å². The second-order valence-corrected chi connectivity index (χ2v) is 5.85. The molecule has 0 atom stereocenters. The second-order valence-electron chi connectivity index (χ2n) is 5.85. The minimum absolute atomic E-state index is 0. The third kappa shape index (κ3) is 6.07. The highest BCUT2D eigenvalue weighted by Gasteiger charge is 2.21. The Kier molecular flexibility index (Phi) is 8.67. The van der Waals surface area contributed by atoms with E-state index in [-0.39, 0.29) is 36.2 Å². The normalized spacial score (nSPS) is 15.5. The molecule has 2 rings (SSSR count). The van der Waals surface area contributed by atoms with Gasteiger partial charge in [0.15, 0.2) is 0 Å². The number of likely N-dealkylation sites (tertiary alicyclic amines) is 1. The summed E-state index contributed by atoms with van der Waals surface area (Å²) in [6, 6.07) is 6.21. The lowest BCUT2D eigenvalue weighted by atomic mass is 9.97. The number of nitro benzene ring substituents is 1. The topological polar surface area (TPSA) is 87.5 Å². The van der Waals surface area contributed by atoms with Gasteiger partial charge < -0.3 is 10.6 Å². The highest BCUT2D eigenvalue weighted by molar-refractivity contribution is 5.94. The molecule has 0 saturated carbocycles. The third-order valence-electron chi connectivity index (χ3n) is 4.13. The van der Waals surface area contributed by atoms with Gasteiger partial charge in [0.2, 0.25) is 5.91 Å². The first kappa shape index (κ1) is 20.3. The molecule has 1 aliphatic rings. The summed E-state index contributed by atoms with van der Waals surface area (Å²) in [5, 5.41) is 17.0. The van der Waals surface area contributed by atoms with Gasteiger partial charge >= 0.3 is 0 Å². The molecule has 0 aliphatic carbocycles. The average molecular weight is 357 g/mol. The van der Waals surface area contributed by atoms with Crippen LogP contribution in [0.1, 0.15) is 19.8 Å². The highest BCUT2D eigenvalue weighted by Crippen LogP contribution is 2.23. The molecule has 0 unspecified atom stereocenters. The molecule has 1 saturated heterocycles. The van der Waals surface area contributed by atoms with Gasteiger partial charge in [-0.15, -0.1) is 12.4 Å². The molecule has 1 aromatic rings. The number of piperidine rings is 1. The summed E-state index contributed by atoms with van der Waals surface area (Å²) in [5.41, 5.74) is 0.176. The molecule has 0 spiro atoms. The second kappa shape index (κ2) is 10.2. The first-order chi connectivity index (χ1) is 11.1. The lowest BCUT2D eigenvalue weighted by molar-refractivity contribution is -0.383. The maximum absolute atomic E-state index is 12.1. The van der Waals surface area contributed by atoms with Crippen molar-refractivity contribution in [2.45, 2.75) is 19.8 Å². The van der Waals surface area contributed by atoms with Gasteiger partial charge in [0.25, 0.3) is 5.69 Å². The van der Waals surface area contributed by atoms with Crippen molar-refractivity contribution < 1.29 is 9.72 Å². The van der Waals surface area contributed by atoms with Gasteiger partial charge in [0.1, 0.15) is 5.69 Å². The van der Waals surface area contributed by atoms with Crippen molar-refractivity contribution in [2.24, 2.45) is 5.92 Å². The van der Waals surface area contributed by atoms with E-state index in [2.05, 4.69) is 22.5 Å². The van der Waals surface area contributed by atoms with Gasteiger partial charge in [-0.25, -0.2) is 0 Å². The van der Waals surface area contributed by atoms with Crippen LogP contribution in [0.3, 0.4) is 0 Å². The molecule has 134 valence electrons. The van der Waals surface area contributed by atoms with Crippen LogP contribution in [0, 0.1) is 16.0 Å². The first-order valence-corrected chi connectivity index (χ1v) is 8.06. The van der Waals surface area contributed by atoms with Crippen LogP contribution in [0.15, 0.2) is 24.3 Å². The Morgan fingerprint density at radius 3 is 2.62 bits per heavy atom. The lowest BCUT2D eigenvalue weighted by Crippen LogP contribution is -2.41. The number of rotatable bonds is 7. The van der Waals surface area contributed by atoms with Crippen LogP contribution in [0.25, 0.3) is 0 Å². The summed E-state index contributed by atoms with van der Waals surface area (Å²) in [6.07, 6.45) is 2.15. The molecule has 1 aromatic carbocycles. The Morgan fingerprint density at radius 1 is 1.33 bits per heavy atom. The van der Waals surface area contributed by atoms with Crippen LogP contribution in [-0.4, -0.2) is 48.5 Å². The number of benzene rings is 1. The summed E-state index contributed by atoms with van der Waals surface area (Å²) in [4.78, 5) is 24.7. The Labute approximate surface area is 148 Å². The molecule has 1 heterocycles. The molecule has 1 amide bonds. The number of hydrogen-bond acceptors (Lipinski definition) is 5. The summed E-state index contributed by atoms with van der Waals surface area (Å²) in [5.74, 6) is 0.467. The SMILES string of the molecule is CCNCC1CCN(CC(=O)Nc2ccccc2[N+](=O)[O-])CC1.Cl. The van der Waals surface area contributed by atoms with Gasteiger partial charge in [-0.3, -0.25) is 19.8 Å². The number of nitrogens with zero attached hydrogens (tertiary/aromatic N) is 2. The van der Waals surface area contributed by atoms with Crippen molar-refractivity contribution in [1.29, 1.82) is 0 Å². The minimum Gasteiger partial charge on any atom is -0.319 e. The van der Waals surface area contributed by atoms with Crippen LogP contribution in [0.4, 0.5) is 11.4 Å². The number of anilines is 1. The van der Waals surface area contributed by atoms with Crippen LogP contribution in [0.5, 0.6) is 0 Å². The molecule has 8 heteroatoms. The fourth-order valence-electron chi connectivity index (χ4n) is 2.83. The molecule has 24 heavy (non-hydrogen) atoms. The maximum Gasteiger partial charge on any atom is 0.292 e. The highest BCUT2D eigenvalue weighted by atomic mass is 35.5. The number of hydrogen-bond donors (Lipinski definition) is 2. The van der Waals surface area contributed by atoms with Crippen LogP contribution >= 0.6 is 12.4 Å². The summed E-state index contributed by atoms with van der Waals surface area (Å²) < 4.78 is 0. The third-order valence-corrected chi connectivity index (χ3v) is 4.13. The summed E-state index contributed by atoms with van der Waals surface area (Å²) in [6.45, 7) is 6.17. The van der Waals surface area contributed by atoms with Crippen molar-refractivity contribution in [3.8, 4) is 0 Å². The van der Waals surface area contributed by atoms with Crippen LogP contribution < -0.4 is 10.6 Å². The zero-order valence-corrected chi connectivity index (χ0v) is 14.7. The van der Waals surface area contributed by atoms with Gasteiger partial charge in [-0.2, -0.15) is 0 Å². The van der Waals surface area contributed by atoms with Crippen LogP contribution in [-0.2, 0) is 4.79 Å². The zero-order chi connectivity index (χ0) is 16.7. The Morgan fingerprint density at radius 2 is 2.00 bits per heavy atom. The maximum atomic E-state index is 12.1. The van der Waals surface area contributed by atoms with Gasteiger partial charge in [-0.05, 0) is 51.0 Å². The number of nitro groups is 1. The fraction of sp³-hybridized carbons (Fsp3) is 0.562. The number of para-hydroxylation sites is 2. The molecule has 7 nitrogen and oxygen atoms in total. The molecular weight excluding hydrogens is 332 g/mol. The van der Waals surface area contributed by atoms with Gasteiger partial charge in [0.05, 0.1) is 11.5 Å². The predicted molar refractivity (Wildman–Crippen MR) is 96.7 cm³/mol. The van der Waals surface area contributed by atoms with Crippen molar-refractivity contribution >= 4 is 29.7 Å².